The predicted octanol–water partition coefficient (Wildman–Crippen LogP) is 0.452. The molecule has 12 heteroatoms. The smallest absolute Gasteiger partial charge is 0.356 e. The molecule has 4 rings (SSSR count). The van der Waals surface area contributed by atoms with Crippen molar-refractivity contribution in [2.45, 2.75) is 56.1 Å². The number of aromatic nitrogens is 2. The van der Waals surface area contributed by atoms with Crippen molar-refractivity contribution in [3.8, 4) is 0 Å². The summed E-state index contributed by atoms with van der Waals surface area (Å²) in [6, 6.07) is 0. The van der Waals surface area contributed by atoms with Gasteiger partial charge in [0.1, 0.15) is 10.4 Å². The molecule has 1 aromatic rings. The number of aryl methyl sites for hydroxylation is 1. The Morgan fingerprint density at radius 1 is 1.22 bits per heavy atom. The van der Waals surface area contributed by atoms with Gasteiger partial charge in [-0.1, -0.05) is 0 Å². The Kier molecular flexibility index (Phi) is 5.24. The summed E-state index contributed by atoms with van der Waals surface area (Å²) < 4.78 is 40.3. The molecular weight excluding hydrogens is 440 g/mol. The molecule has 1 saturated carbocycles. The van der Waals surface area contributed by atoms with E-state index in [1.54, 1.807) is 20.8 Å². The minimum Gasteiger partial charge on any atom is -0.476 e. The number of hydrogen-bond acceptors (Lipinski definition) is 7. The molecule has 178 valence electrons. The summed E-state index contributed by atoms with van der Waals surface area (Å²) in [4.78, 5) is 26.1. The van der Waals surface area contributed by atoms with Gasteiger partial charge in [0.05, 0.1) is 18.8 Å². The van der Waals surface area contributed by atoms with E-state index < -0.39 is 38.0 Å². The highest BCUT2D eigenvalue weighted by Crippen LogP contribution is 2.48. The molecule has 0 atom stereocenters. The number of carboxylic acid groups (broad SMARTS) is 1. The number of carbonyl (C=O) groups is 2. The molecule has 2 fully saturated rings. The van der Waals surface area contributed by atoms with Crippen molar-refractivity contribution in [3.63, 3.8) is 0 Å². The lowest BCUT2D eigenvalue weighted by atomic mass is 10.0. The molecule has 32 heavy (non-hydrogen) atoms. The van der Waals surface area contributed by atoms with E-state index in [1.165, 1.54) is 28.0 Å². The number of aromatic carboxylic acids is 1. The van der Waals surface area contributed by atoms with E-state index in [1.807, 2.05) is 0 Å². The van der Waals surface area contributed by atoms with E-state index in [9.17, 15) is 23.1 Å². The van der Waals surface area contributed by atoms with Gasteiger partial charge >= 0.3 is 5.97 Å². The summed E-state index contributed by atoms with van der Waals surface area (Å²) in [7, 11) is -0.717. The van der Waals surface area contributed by atoms with Crippen LogP contribution in [0.25, 0.3) is 0 Å². The maximum absolute atomic E-state index is 13.6. The molecule has 0 unspecified atom stereocenters. The van der Waals surface area contributed by atoms with Gasteiger partial charge in [-0.2, -0.15) is 9.40 Å². The monoisotopic (exact) mass is 470 g/mol. The molecule has 2 aliphatic heterocycles. The summed E-state index contributed by atoms with van der Waals surface area (Å²) >= 11 is 0. The van der Waals surface area contributed by atoms with Crippen LogP contribution in [-0.2, 0) is 33.0 Å². The zero-order chi connectivity index (χ0) is 23.7. The van der Waals surface area contributed by atoms with Crippen LogP contribution in [0.5, 0.6) is 0 Å². The van der Waals surface area contributed by atoms with E-state index in [0.717, 1.165) is 0 Å². The van der Waals surface area contributed by atoms with Crippen LogP contribution in [0.3, 0.4) is 0 Å². The number of likely N-dealkylation sites (N-methyl/N-ethyl adjacent to an activating group) is 1. The van der Waals surface area contributed by atoms with E-state index >= 15 is 0 Å². The Bertz CT molecular complexity index is 1060. The molecule has 1 saturated heterocycles. The van der Waals surface area contributed by atoms with Crippen LogP contribution in [0.4, 0.5) is 0 Å². The molecule has 1 amide bonds. The summed E-state index contributed by atoms with van der Waals surface area (Å²) in [5.41, 5.74) is -0.380. The van der Waals surface area contributed by atoms with Gasteiger partial charge in [0.25, 0.3) is 5.91 Å². The summed E-state index contributed by atoms with van der Waals surface area (Å²) in [6.45, 7) is 6.06. The first-order valence-corrected chi connectivity index (χ1v) is 12.0. The number of carboxylic acids is 1. The van der Waals surface area contributed by atoms with Gasteiger partial charge in [0, 0.05) is 32.7 Å². The second-order valence-corrected chi connectivity index (χ2v) is 12.1. The lowest BCUT2D eigenvalue weighted by molar-refractivity contribution is -0.276. The standard InChI is InChI=1S/C20H30N4O7S/c1-18(2)30-11-19(3,12-31-18)23(5)32(28,29)20(7-8-20)10-24-9-6-13-14(17(26)27)21-22(4)15(13)16(24)25/h6-12H2,1-5H3,(H,26,27). The highest BCUT2D eigenvalue weighted by atomic mass is 32.2. The van der Waals surface area contributed by atoms with Gasteiger partial charge in [-0.3, -0.25) is 9.48 Å². The van der Waals surface area contributed by atoms with E-state index in [-0.39, 0.29) is 37.7 Å². The lowest BCUT2D eigenvalue weighted by Crippen LogP contribution is -2.62. The van der Waals surface area contributed by atoms with Gasteiger partial charge < -0.3 is 19.5 Å². The fourth-order valence-electron chi connectivity index (χ4n) is 4.38. The molecule has 1 N–H and O–H groups in total. The first-order valence-electron chi connectivity index (χ1n) is 10.6. The topological polar surface area (TPSA) is 131 Å². The predicted molar refractivity (Wildman–Crippen MR) is 113 cm³/mol. The molecule has 0 bridgehead atoms. The maximum atomic E-state index is 13.6. The van der Waals surface area contributed by atoms with Gasteiger partial charge in [-0.25, -0.2) is 13.2 Å². The molecular formula is C20H30N4O7S. The molecule has 1 aromatic heterocycles. The zero-order valence-electron chi connectivity index (χ0n) is 19.0. The van der Waals surface area contributed by atoms with Gasteiger partial charge in [-0.05, 0) is 40.0 Å². The van der Waals surface area contributed by atoms with E-state index in [2.05, 4.69) is 5.10 Å². The van der Waals surface area contributed by atoms with E-state index in [0.29, 0.717) is 24.8 Å². The molecule has 3 aliphatic rings. The number of nitrogens with zero attached hydrogens (tertiary/aromatic N) is 4. The minimum atomic E-state index is -3.78. The van der Waals surface area contributed by atoms with Gasteiger partial charge in [0.2, 0.25) is 10.0 Å². The number of ether oxygens (including phenoxy) is 2. The first kappa shape index (κ1) is 23.1. The highest BCUT2D eigenvalue weighted by Gasteiger charge is 2.60. The fourth-order valence-corrected chi connectivity index (χ4v) is 6.59. The Morgan fingerprint density at radius 3 is 2.34 bits per heavy atom. The van der Waals surface area contributed by atoms with Crippen LogP contribution < -0.4 is 0 Å². The molecule has 1 aliphatic carbocycles. The Hall–Kier alpha value is -2.02. The van der Waals surface area contributed by atoms with Crippen molar-refractivity contribution in [3.05, 3.63) is 17.0 Å². The normalized spacial score (nSPS) is 23.8. The van der Waals surface area contributed by atoms with Crippen LogP contribution in [0.15, 0.2) is 0 Å². The third-order valence-corrected chi connectivity index (χ3v) is 9.68. The maximum Gasteiger partial charge on any atom is 0.356 e. The number of fused-ring (bicyclic) bond motifs is 1. The number of hydrogen-bond donors (Lipinski definition) is 1. The van der Waals surface area contributed by atoms with Crippen molar-refractivity contribution >= 4 is 21.9 Å². The number of rotatable bonds is 6. The van der Waals surface area contributed by atoms with Crippen LogP contribution in [0, 0.1) is 0 Å². The molecule has 0 aromatic carbocycles. The third kappa shape index (κ3) is 3.53. The van der Waals surface area contributed by atoms with Crippen LogP contribution in [0.1, 0.15) is 60.2 Å². The Morgan fingerprint density at radius 2 is 1.81 bits per heavy atom. The number of sulfonamides is 1. The van der Waals surface area contributed by atoms with Crippen molar-refractivity contribution in [1.29, 1.82) is 0 Å². The summed E-state index contributed by atoms with van der Waals surface area (Å²) in [5, 5.41) is 13.3. The zero-order valence-corrected chi connectivity index (χ0v) is 19.9. The minimum absolute atomic E-state index is 0.0504. The Labute approximate surface area is 187 Å². The van der Waals surface area contributed by atoms with Gasteiger partial charge in [0.15, 0.2) is 11.5 Å². The van der Waals surface area contributed by atoms with E-state index in [4.69, 9.17) is 9.47 Å². The van der Waals surface area contributed by atoms with Crippen LogP contribution >= 0.6 is 0 Å². The van der Waals surface area contributed by atoms with Crippen LogP contribution in [0.2, 0.25) is 0 Å². The fraction of sp³-hybridized carbons (Fsp3) is 0.750. The second-order valence-electron chi connectivity index (χ2n) is 9.71. The SMILES string of the molecule is CN(C1(C)COC(C)(C)OC1)S(=O)(=O)C1(CN2CCc3c(C(=O)O)nn(C)c3C2=O)CC1. The summed E-state index contributed by atoms with van der Waals surface area (Å²) in [6.07, 6.45) is 1.22. The molecule has 0 radical (unpaired) electrons. The lowest BCUT2D eigenvalue weighted by Gasteiger charge is -2.46. The van der Waals surface area contributed by atoms with Crippen molar-refractivity contribution in [2.24, 2.45) is 7.05 Å². The third-order valence-electron chi connectivity index (χ3n) is 6.89. The molecule has 3 heterocycles. The molecule has 0 spiro atoms. The van der Waals surface area contributed by atoms with Crippen molar-refractivity contribution in [2.75, 3.05) is 33.4 Å². The quantitative estimate of drug-likeness (QED) is 0.634. The Balaban J connectivity index is 1.55. The molecule has 11 nitrogen and oxygen atoms in total. The van der Waals surface area contributed by atoms with Gasteiger partial charge in [-0.15, -0.1) is 0 Å². The number of carbonyl (C=O) groups excluding carboxylic acids is 1. The van der Waals surface area contributed by atoms with Crippen LogP contribution in [-0.4, -0.2) is 93.8 Å². The largest absolute Gasteiger partial charge is 0.476 e. The highest BCUT2D eigenvalue weighted by molar-refractivity contribution is 7.90. The first-order chi connectivity index (χ1) is 14.7. The van der Waals surface area contributed by atoms with Crippen molar-refractivity contribution in [1.82, 2.24) is 19.0 Å². The average Bonchev–Trinajstić information content (AvgIpc) is 3.43. The number of amides is 1. The average molecular weight is 471 g/mol. The summed E-state index contributed by atoms with van der Waals surface area (Å²) in [5.74, 6) is -2.34. The van der Waals surface area contributed by atoms with Crippen molar-refractivity contribution < 1.29 is 32.6 Å². The second kappa shape index (κ2) is 7.24.